The first-order chi connectivity index (χ1) is 9.30. The van der Waals surface area contributed by atoms with E-state index in [1.807, 2.05) is 0 Å². The summed E-state index contributed by atoms with van der Waals surface area (Å²) in [4.78, 5) is 0. The van der Waals surface area contributed by atoms with Crippen molar-refractivity contribution >= 4 is 0 Å². The summed E-state index contributed by atoms with van der Waals surface area (Å²) in [6, 6.07) is 9.34. The maximum Gasteiger partial charge on any atom is 0.0250 e. The fraction of sp³-hybridized carbons (Fsp3) is 0.647. The van der Waals surface area contributed by atoms with Gasteiger partial charge in [-0.2, -0.15) is 0 Å². The molecule has 19 heavy (non-hydrogen) atoms. The van der Waals surface area contributed by atoms with Gasteiger partial charge >= 0.3 is 0 Å². The molecule has 0 aliphatic rings. The van der Waals surface area contributed by atoms with E-state index in [2.05, 4.69) is 43.5 Å². The molecule has 0 radical (unpaired) electrons. The van der Waals surface area contributed by atoms with E-state index in [1.165, 1.54) is 49.7 Å². The highest BCUT2D eigenvalue weighted by atomic mass is 15.2. The lowest BCUT2D eigenvalue weighted by molar-refractivity contribution is 0.461. The van der Waals surface area contributed by atoms with Crippen molar-refractivity contribution in [2.75, 3.05) is 0 Å². The Bertz CT molecular complexity index is 319. The Labute approximate surface area is 118 Å². The number of nitrogens with one attached hydrogen (secondary N) is 1. The zero-order chi connectivity index (χ0) is 13.9. The molecule has 0 bridgehead atoms. The van der Waals surface area contributed by atoms with Gasteiger partial charge in [0.15, 0.2) is 0 Å². The highest BCUT2D eigenvalue weighted by Crippen LogP contribution is 2.12. The van der Waals surface area contributed by atoms with Crippen LogP contribution in [0.3, 0.4) is 0 Å². The van der Waals surface area contributed by atoms with Crippen molar-refractivity contribution in [1.29, 1.82) is 0 Å². The van der Waals surface area contributed by atoms with E-state index in [4.69, 9.17) is 5.84 Å². The smallest absolute Gasteiger partial charge is 0.0250 e. The molecule has 0 aliphatic carbocycles. The summed E-state index contributed by atoms with van der Waals surface area (Å²) >= 11 is 0. The molecule has 1 atom stereocenters. The van der Waals surface area contributed by atoms with Gasteiger partial charge in [-0.05, 0) is 30.4 Å². The average molecular weight is 262 g/mol. The molecule has 0 heterocycles. The second-order valence-electron chi connectivity index (χ2n) is 5.44. The molecule has 108 valence electrons. The lowest BCUT2D eigenvalue weighted by Gasteiger charge is -2.16. The number of hydrogen-bond donors (Lipinski definition) is 2. The lowest BCUT2D eigenvalue weighted by atomic mass is 9.99. The van der Waals surface area contributed by atoms with E-state index < -0.39 is 0 Å². The summed E-state index contributed by atoms with van der Waals surface area (Å²) in [6.07, 6.45) is 9.96. The summed E-state index contributed by atoms with van der Waals surface area (Å²) in [5, 5.41) is 0. The number of unbranched alkanes of at least 4 members (excludes halogenated alkanes) is 4. The van der Waals surface area contributed by atoms with Crippen LogP contribution in [0, 0.1) is 0 Å². The molecule has 0 spiro atoms. The summed E-state index contributed by atoms with van der Waals surface area (Å²) in [5.74, 6) is 5.67. The number of hydrogen-bond acceptors (Lipinski definition) is 2. The van der Waals surface area contributed by atoms with Crippen LogP contribution in [-0.4, -0.2) is 6.04 Å². The Hall–Kier alpha value is -0.860. The van der Waals surface area contributed by atoms with E-state index in [1.54, 1.807) is 0 Å². The summed E-state index contributed by atoms with van der Waals surface area (Å²) in [5.41, 5.74) is 5.76. The Morgan fingerprint density at radius 3 is 2.16 bits per heavy atom. The van der Waals surface area contributed by atoms with Crippen LogP contribution in [0.25, 0.3) is 0 Å². The molecule has 0 aromatic heterocycles. The Kier molecular flexibility index (Phi) is 8.52. The maximum absolute atomic E-state index is 5.67. The molecule has 1 aromatic carbocycles. The Morgan fingerprint density at radius 1 is 0.947 bits per heavy atom. The van der Waals surface area contributed by atoms with Crippen molar-refractivity contribution in [3.05, 3.63) is 35.4 Å². The number of rotatable bonds is 10. The van der Waals surface area contributed by atoms with Gasteiger partial charge in [-0.1, -0.05) is 70.2 Å². The van der Waals surface area contributed by atoms with Crippen molar-refractivity contribution in [3.63, 3.8) is 0 Å². The van der Waals surface area contributed by atoms with Crippen molar-refractivity contribution in [3.8, 4) is 0 Å². The maximum atomic E-state index is 5.67. The van der Waals surface area contributed by atoms with E-state index in [0.717, 1.165) is 12.8 Å². The third kappa shape index (κ3) is 6.74. The van der Waals surface area contributed by atoms with Crippen molar-refractivity contribution in [1.82, 2.24) is 5.43 Å². The quantitative estimate of drug-likeness (QED) is 0.380. The van der Waals surface area contributed by atoms with Crippen LogP contribution >= 0.6 is 0 Å². The van der Waals surface area contributed by atoms with Crippen LogP contribution in [-0.2, 0) is 12.8 Å². The number of benzene rings is 1. The molecule has 1 aromatic rings. The Balaban J connectivity index is 2.30. The summed E-state index contributed by atoms with van der Waals surface area (Å²) < 4.78 is 0. The van der Waals surface area contributed by atoms with Gasteiger partial charge in [-0.3, -0.25) is 11.3 Å². The fourth-order valence-electron chi connectivity index (χ4n) is 2.43. The summed E-state index contributed by atoms with van der Waals surface area (Å²) in [6.45, 7) is 4.44. The molecule has 3 N–H and O–H groups in total. The zero-order valence-electron chi connectivity index (χ0n) is 12.6. The molecular formula is C17H30N2. The number of aryl methyl sites for hydroxylation is 1. The first kappa shape index (κ1) is 16.2. The fourth-order valence-corrected chi connectivity index (χ4v) is 2.43. The van der Waals surface area contributed by atoms with Crippen molar-refractivity contribution in [2.24, 2.45) is 5.84 Å². The third-order valence-corrected chi connectivity index (χ3v) is 3.81. The number of hydrazine groups is 1. The monoisotopic (exact) mass is 262 g/mol. The molecule has 2 heteroatoms. The first-order valence-electron chi connectivity index (χ1n) is 7.84. The normalized spacial score (nSPS) is 12.6. The second kappa shape index (κ2) is 9.99. The highest BCUT2D eigenvalue weighted by molar-refractivity contribution is 5.23. The molecule has 0 fully saturated rings. The third-order valence-electron chi connectivity index (χ3n) is 3.81. The lowest BCUT2D eigenvalue weighted by Crippen LogP contribution is -2.36. The van der Waals surface area contributed by atoms with Crippen LogP contribution in [0.5, 0.6) is 0 Å². The number of nitrogens with two attached hydrogens (primary N) is 1. The van der Waals surface area contributed by atoms with Crippen molar-refractivity contribution < 1.29 is 0 Å². The van der Waals surface area contributed by atoms with Gasteiger partial charge in [0.25, 0.3) is 0 Å². The predicted octanol–water partition coefficient (Wildman–Crippen LogP) is 3.98. The average Bonchev–Trinajstić information content (AvgIpc) is 2.46. The van der Waals surface area contributed by atoms with Crippen LogP contribution in [0.2, 0.25) is 0 Å². The van der Waals surface area contributed by atoms with E-state index in [9.17, 15) is 0 Å². The standard InChI is InChI=1S/C17H30N2/c1-3-5-6-7-8-9-17(19-18)14-16-12-10-15(4-2)11-13-16/h10-13,17,19H,3-9,14,18H2,1-2H3. The zero-order valence-corrected chi connectivity index (χ0v) is 12.6. The van der Waals surface area contributed by atoms with Crippen molar-refractivity contribution in [2.45, 2.75) is 71.3 Å². The molecule has 1 unspecified atom stereocenters. The van der Waals surface area contributed by atoms with Gasteiger partial charge in [0.1, 0.15) is 0 Å². The van der Waals surface area contributed by atoms with Gasteiger partial charge in [-0.15, -0.1) is 0 Å². The molecule has 0 aliphatic heterocycles. The molecule has 0 saturated heterocycles. The van der Waals surface area contributed by atoms with Crippen LogP contribution in [0.15, 0.2) is 24.3 Å². The minimum Gasteiger partial charge on any atom is -0.271 e. The molecule has 2 nitrogen and oxygen atoms in total. The molecule has 0 amide bonds. The van der Waals surface area contributed by atoms with Gasteiger partial charge in [0, 0.05) is 6.04 Å². The highest BCUT2D eigenvalue weighted by Gasteiger charge is 2.07. The predicted molar refractivity (Wildman–Crippen MR) is 84.0 cm³/mol. The van der Waals surface area contributed by atoms with E-state index >= 15 is 0 Å². The van der Waals surface area contributed by atoms with Gasteiger partial charge < -0.3 is 0 Å². The molecular weight excluding hydrogens is 232 g/mol. The summed E-state index contributed by atoms with van der Waals surface area (Å²) in [7, 11) is 0. The second-order valence-corrected chi connectivity index (χ2v) is 5.44. The minimum absolute atomic E-state index is 0.411. The van der Waals surface area contributed by atoms with Crippen LogP contribution < -0.4 is 11.3 Å². The van der Waals surface area contributed by atoms with Crippen LogP contribution in [0.1, 0.15) is 63.5 Å². The molecule has 0 saturated carbocycles. The first-order valence-corrected chi connectivity index (χ1v) is 7.84. The van der Waals surface area contributed by atoms with Gasteiger partial charge in [0.05, 0.1) is 0 Å². The van der Waals surface area contributed by atoms with Crippen LogP contribution in [0.4, 0.5) is 0 Å². The van der Waals surface area contributed by atoms with Gasteiger partial charge in [-0.25, -0.2) is 0 Å². The van der Waals surface area contributed by atoms with Gasteiger partial charge in [0.2, 0.25) is 0 Å². The minimum atomic E-state index is 0.411. The largest absolute Gasteiger partial charge is 0.271 e. The SMILES string of the molecule is CCCCCCCC(Cc1ccc(CC)cc1)NN. The Morgan fingerprint density at radius 2 is 1.58 bits per heavy atom. The van der Waals surface area contributed by atoms with E-state index in [-0.39, 0.29) is 0 Å². The molecule has 1 rings (SSSR count). The topological polar surface area (TPSA) is 38.0 Å². The van der Waals surface area contributed by atoms with E-state index in [0.29, 0.717) is 6.04 Å².